The maximum absolute atomic E-state index is 13.1. The van der Waals surface area contributed by atoms with Crippen molar-refractivity contribution in [3.05, 3.63) is 53.7 Å². The molecule has 2 aromatic rings. The first-order valence-electron chi connectivity index (χ1n) is 5.38. The van der Waals surface area contributed by atoms with Gasteiger partial charge >= 0.3 is 0 Å². The van der Waals surface area contributed by atoms with E-state index in [0.29, 0.717) is 12.2 Å². The quantitative estimate of drug-likeness (QED) is 0.827. The Morgan fingerprint density at radius 2 is 2.12 bits per heavy atom. The smallest absolute Gasteiger partial charge is 0.123 e. The Morgan fingerprint density at radius 1 is 1.29 bits per heavy atom. The molecule has 1 aromatic carbocycles. The normalized spacial score (nSPS) is 11.0. The molecular weight excluding hydrogens is 219 g/mol. The van der Waals surface area contributed by atoms with Gasteiger partial charge in [0.05, 0.1) is 12.5 Å². The third kappa shape index (κ3) is 3.07. The largest absolute Gasteiger partial charge is 0.472 e. The number of nitrogen functional groups attached to an aromatic ring is 1. The van der Waals surface area contributed by atoms with Gasteiger partial charge in [0, 0.05) is 24.3 Å². The molecule has 1 heterocycles. The first-order chi connectivity index (χ1) is 8.15. The van der Waals surface area contributed by atoms with Gasteiger partial charge in [-0.2, -0.15) is 0 Å². The van der Waals surface area contributed by atoms with E-state index in [1.54, 1.807) is 18.6 Å². The Morgan fingerprint density at radius 3 is 2.82 bits per heavy atom. The molecule has 1 aromatic heterocycles. The van der Waals surface area contributed by atoms with Crippen LogP contribution in [0.4, 0.5) is 10.1 Å². The number of nitrogens with zero attached hydrogens (tertiary/aromatic N) is 1. The van der Waals surface area contributed by atoms with Crippen LogP contribution in [0, 0.1) is 5.82 Å². The van der Waals surface area contributed by atoms with Crippen LogP contribution in [0.15, 0.2) is 41.2 Å². The Labute approximate surface area is 99.6 Å². The van der Waals surface area contributed by atoms with Crippen molar-refractivity contribution >= 4 is 5.69 Å². The van der Waals surface area contributed by atoms with E-state index in [-0.39, 0.29) is 5.82 Å². The van der Waals surface area contributed by atoms with Crippen molar-refractivity contribution in [2.75, 3.05) is 12.8 Å². The topological polar surface area (TPSA) is 42.4 Å². The van der Waals surface area contributed by atoms with Crippen LogP contribution in [0.25, 0.3) is 0 Å². The number of hydrogen-bond acceptors (Lipinski definition) is 3. The lowest BCUT2D eigenvalue weighted by Crippen LogP contribution is -2.17. The first-order valence-corrected chi connectivity index (χ1v) is 5.38. The zero-order chi connectivity index (χ0) is 12.3. The average Bonchev–Trinajstić information content (AvgIpc) is 2.76. The fourth-order valence-corrected chi connectivity index (χ4v) is 1.75. The minimum Gasteiger partial charge on any atom is -0.472 e. The van der Waals surface area contributed by atoms with Gasteiger partial charge in [0.1, 0.15) is 5.82 Å². The second-order valence-corrected chi connectivity index (χ2v) is 4.15. The Bertz CT molecular complexity index is 482. The van der Waals surface area contributed by atoms with E-state index in [9.17, 15) is 4.39 Å². The monoisotopic (exact) mass is 234 g/mol. The second kappa shape index (κ2) is 5.01. The van der Waals surface area contributed by atoms with Gasteiger partial charge in [-0.05, 0) is 36.9 Å². The zero-order valence-corrected chi connectivity index (χ0v) is 9.69. The predicted octanol–water partition coefficient (Wildman–Crippen LogP) is 2.63. The standard InChI is InChI=1S/C13H15FN2O/c1-16(7-10-4-5-17-9-10)8-11-6-12(14)2-3-13(11)15/h2-6,9H,7-8,15H2,1H3. The molecule has 3 nitrogen and oxygen atoms in total. The molecule has 0 amide bonds. The lowest BCUT2D eigenvalue weighted by atomic mass is 10.1. The molecule has 0 aliphatic heterocycles. The highest BCUT2D eigenvalue weighted by atomic mass is 19.1. The molecular formula is C13H15FN2O. The summed E-state index contributed by atoms with van der Waals surface area (Å²) in [6, 6.07) is 6.35. The van der Waals surface area contributed by atoms with Gasteiger partial charge in [-0.1, -0.05) is 0 Å². The summed E-state index contributed by atoms with van der Waals surface area (Å²) < 4.78 is 18.1. The first kappa shape index (κ1) is 11.7. The highest BCUT2D eigenvalue weighted by Gasteiger charge is 2.06. The average molecular weight is 234 g/mol. The molecule has 0 spiro atoms. The number of furan rings is 1. The number of hydrogen-bond donors (Lipinski definition) is 1. The third-order valence-corrected chi connectivity index (χ3v) is 2.58. The number of nitrogens with two attached hydrogens (primary N) is 1. The molecule has 0 atom stereocenters. The second-order valence-electron chi connectivity index (χ2n) is 4.15. The Kier molecular flexibility index (Phi) is 3.44. The molecule has 2 N–H and O–H groups in total. The van der Waals surface area contributed by atoms with Crippen LogP contribution in [0.1, 0.15) is 11.1 Å². The van der Waals surface area contributed by atoms with Gasteiger partial charge < -0.3 is 10.2 Å². The van der Waals surface area contributed by atoms with Crippen molar-refractivity contribution in [2.45, 2.75) is 13.1 Å². The zero-order valence-electron chi connectivity index (χ0n) is 9.69. The maximum atomic E-state index is 13.1. The summed E-state index contributed by atoms with van der Waals surface area (Å²) in [5.41, 5.74) is 8.30. The van der Waals surface area contributed by atoms with Crippen LogP contribution in [0.5, 0.6) is 0 Å². The van der Waals surface area contributed by atoms with Crippen LogP contribution >= 0.6 is 0 Å². The van der Waals surface area contributed by atoms with Crippen molar-refractivity contribution in [1.29, 1.82) is 0 Å². The molecule has 2 rings (SSSR count). The van der Waals surface area contributed by atoms with Crippen LogP contribution in [0.3, 0.4) is 0 Å². The molecule has 0 saturated heterocycles. The van der Waals surface area contributed by atoms with Gasteiger partial charge in [0.25, 0.3) is 0 Å². The highest BCUT2D eigenvalue weighted by Crippen LogP contribution is 2.16. The minimum atomic E-state index is -0.258. The molecule has 0 aliphatic carbocycles. The van der Waals surface area contributed by atoms with Gasteiger partial charge in [-0.3, -0.25) is 4.90 Å². The summed E-state index contributed by atoms with van der Waals surface area (Å²) in [5.74, 6) is -0.258. The van der Waals surface area contributed by atoms with E-state index < -0.39 is 0 Å². The molecule has 17 heavy (non-hydrogen) atoms. The molecule has 0 fully saturated rings. The summed E-state index contributed by atoms with van der Waals surface area (Å²) in [7, 11) is 1.96. The van der Waals surface area contributed by atoms with E-state index >= 15 is 0 Å². The molecule has 0 unspecified atom stereocenters. The van der Waals surface area contributed by atoms with Crippen molar-refractivity contribution in [2.24, 2.45) is 0 Å². The number of rotatable bonds is 4. The van der Waals surface area contributed by atoms with Crippen molar-refractivity contribution in [1.82, 2.24) is 4.90 Å². The van der Waals surface area contributed by atoms with Crippen LogP contribution in [-0.2, 0) is 13.1 Å². The van der Waals surface area contributed by atoms with Crippen LogP contribution in [-0.4, -0.2) is 11.9 Å². The van der Waals surface area contributed by atoms with E-state index in [0.717, 1.165) is 17.7 Å². The summed E-state index contributed by atoms with van der Waals surface area (Å²) in [4.78, 5) is 2.05. The number of anilines is 1. The third-order valence-electron chi connectivity index (χ3n) is 2.58. The summed E-state index contributed by atoms with van der Waals surface area (Å²) in [6.45, 7) is 1.35. The Hall–Kier alpha value is -1.81. The van der Waals surface area contributed by atoms with E-state index in [1.165, 1.54) is 12.1 Å². The van der Waals surface area contributed by atoms with Crippen molar-refractivity contribution in [3.63, 3.8) is 0 Å². The van der Waals surface area contributed by atoms with E-state index in [4.69, 9.17) is 10.2 Å². The van der Waals surface area contributed by atoms with Crippen molar-refractivity contribution < 1.29 is 8.81 Å². The fraction of sp³-hybridized carbons (Fsp3) is 0.231. The number of benzene rings is 1. The van der Waals surface area contributed by atoms with Crippen LogP contribution < -0.4 is 5.73 Å². The molecule has 90 valence electrons. The lowest BCUT2D eigenvalue weighted by molar-refractivity contribution is 0.318. The lowest BCUT2D eigenvalue weighted by Gasteiger charge is -2.16. The molecule has 4 heteroatoms. The summed E-state index contributed by atoms with van der Waals surface area (Å²) >= 11 is 0. The van der Waals surface area contributed by atoms with E-state index in [2.05, 4.69) is 4.90 Å². The molecule has 0 saturated carbocycles. The predicted molar refractivity (Wildman–Crippen MR) is 64.7 cm³/mol. The molecule has 0 radical (unpaired) electrons. The SMILES string of the molecule is CN(Cc1ccoc1)Cc1cc(F)ccc1N. The van der Waals surface area contributed by atoms with Gasteiger partial charge in [0.15, 0.2) is 0 Å². The maximum Gasteiger partial charge on any atom is 0.123 e. The number of halogens is 1. The molecule has 0 bridgehead atoms. The van der Waals surface area contributed by atoms with Gasteiger partial charge in [-0.15, -0.1) is 0 Å². The Balaban J connectivity index is 2.02. The summed E-state index contributed by atoms with van der Waals surface area (Å²) in [6.07, 6.45) is 3.34. The van der Waals surface area contributed by atoms with Crippen LogP contribution in [0.2, 0.25) is 0 Å². The summed E-state index contributed by atoms with van der Waals surface area (Å²) in [5, 5.41) is 0. The molecule has 0 aliphatic rings. The minimum absolute atomic E-state index is 0.258. The van der Waals surface area contributed by atoms with Crippen molar-refractivity contribution in [3.8, 4) is 0 Å². The fourth-order valence-electron chi connectivity index (χ4n) is 1.75. The highest BCUT2D eigenvalue weighted by molar-refractivity contribution is 5.46. The van der Waals surface area contributed by atoms with Gasteiger partial charge in [0.2, 0.25) is 0 Å². The van der Waals surface area contributed by atoms with Gasteiger partial charge in [-0.25, -0.2) is 4.39 Å². The van der Waals surface area contributed by atoms with E-state index in [1.807, 2.05) is 13.1 Å².